The Hall–Kier alpha value is -1.72. The summed E-state index contributed by atoms with van der Waals surface area (Å²) >= 11 is 1.39. The Morgan fingerprint density at radius 3 is 2.64 bits per heavy atom. The molecule has 22 heavy (non-hydrogen) atoms. The van der Waals surface area contributed by atoms with Crippen LogP contribution >= 0.6 is 11.3 Å². The van der Waals surface area contributed by atoms with Crippen molar-refractivity contribution in [2.45, 2.75) is 20.3 Å². The maximum absolute atomic E-state index is 12.3. The average Bonchev–Trinajstić information content (AvgIpc) is 3.05. The number of benzene rings is 1. The highest BCUT2D eigenvalue weighted by Crippen LogP contribution is 2.24. The van der Waals surface area contributed by atoms with Crippen LogP contribution in [0, 0.1) is 0 Å². The van der Waals surface area contributed by atoms with Gasteiger partial charge in [-0.1, -0.05) is 44.2 Å². The number of carbonyl (C=O) groups is 1. The maximum atomic E-state index is 12.3. The first kappa shape index (κ1) is 16.6. The van der Waals surface area contributed by atoms with Crippen LogP contribution in [0.1, 0.15) is 29.9 Å². The van der Waals surface area contributed by atoms with Crippen LogP contribution in [0.15, 0.2) is 35.8 Å². The summed E-state index contributed by atoms with van der Waals surface area (Å²) in [6.07, 6.45) is 0.965. The lowest BCUT2D eigenvalue weighted by atomic mass is 10.1. The number of nitrogens with one attached hydrogen (secondary N) is 1. The summed E-state index contributed by atoms with van der Waals surface area (Å²) in [4.78, 5) is 19.7. The van der Waals surface area contributed by atoms with Crippen LogP contribution in [0.2, 0.25) is 0 Å². The Morgan fingerprint density at radius 1 is 1.23 bits per heavy atom. The van der Waals surface area contributed by atoms with E-state index in [2.05, 4.69) is 29.0 Å². The molecule has 2 aromatic rings. The van der Waals surface area contributed by atoms with E-state index in [0.717, 1.165) is 37.3 Å². The molecule has 4 nitrogen and oxygen atoms in total. The molecule has 5 heteroatoms. The molecule has 1 aromatic carbocycles. The van der Waals surface area contributed by atoms with E-state index in [1.54, 1.807) is 5.51 Å². The number of hydrogen-bond donors (Lipinski definition) is 1. The van der Waals surface area contributed by atoms with Gasteiger partial charge in [0.1, 0.15) is 4.88 Å². The van der Waals surface area contributed by atoms with E-state index in [4.69, 9.17) is 0 Å². The highest BCUT2D eigenvalue weighted by molar-refractivity contribution is 7.12. The second-order valence-electron chi connectivity index (χ2n) is 5.03. The molecule has 0 aliphatic carbocycles. The fourth-order valence-corrected chi connectivity index (χ4v) is 3.06. The average molecular weight is 317 g/mol. The molecule has 0 fully saturated rings. The van der Waals surface area contributed by atoms with Crippen molar-refractivity contribution in [2.75, 3.05) is 26.2 Å². The fourth-order valence-electron chi connectivity index (χ4n) is 2.33. The number of aromatic nitrogens is 1. The molecule has 1 amide bonds. The molecule has 0 spiro atoms. The van der Waals surface area contributed by atoms with Gasteiger partial charge >= 0.3 is 0 Å². The van der Waals surface area contributed by atoms with E-state index in [9.17, 15) is 4.79 Å². The molecular formula is C17H23N3OS. The van der Waals surface area contributed by atoms with Crippen LogP contribution in [0.5, 0.6) is 0 Å². The molecule has 1 aromatic heterocycles. The van der Waals surface area contributed by atoms with Crippen LogP contribution in [0.3, 0.4) is 0 Å². The maximum Gasteiger partial charge on any atom is 0.263 e. The number of amides is 1. The van der Waals surface area contributed by atoms with Crippen molar-refractivity contribution in [1.82, 2.24) is 15.2 Å². The number of nitrogens with zero attached hydrogens (tertiary/aromatic N) is 2. The summed E-state index contributed by atoms with van der Waals surface area (Å²) in [6, 6.07) is 9.84. The minimum atomic E-state index is -0.0269. The predicted octanol–water partition coefficient (Wildman–Crippen LogP) is 3.27. The van der Waals surface area contributed by atoms with Crippen LogP contribution in [-0.4, -0.2) is 42.0 Å². The van der Waals surface area contributed by atoms with Gasteiger partial charge in [-0.05, 0) is 26.1 Å². The van der Waals surface area contributed by atoms with Gasteiger partial charge < -0.3 is 10.2 Å². The van der Waals surface area contributed by atoms with Crippen molar-refractivity contribution in [3.8, 4) is 11.3 Å². The quantitative estimate of drug-likeness (QED) is 0.760. The second-order valence-corrected chi connectivity index (χ2v) is 5.89. The van der Waals surface area contributed by atoms with Crippen molar-refractivity contribution < 1.29 is 4.79 Å². The fraction of sp³-hybridized carbons (Fsp3) is 0.412. The largest absolute Gasteiger partial charge is 0.351 e. The Labute approximate surface area is 136 Å². The van der Waals surface area contributed by atoms with Gasteiger partial charge in [0.05, 0.1) is 11.2 Å². The van der Waals surface area contributed by atoms with Crippen LogP contribution in [0.4, 0.5) is 0 Å². The summed E-state index contributed by atoms with van der Waals surface area (Å²) in [6.45, 7) is 8.13. The van der Waals surface area contributed by atoms with Gasteiger partial charge in [-0.3, -0.25) is 4.79 Å². The van der Waals surface area contributed by atoms with Gasteiger partial charge in [-0.15, -0.1) is 11.3 Å². The molecule has 118 valence electrons. The van der Waals surface area contributed by atoms with Crippen molar-refractivity contribution in [1.29, 1.82) is 0 Å². The molecule has 1 N–H and O–H groups in total. The van der Waals surface area contributed by atoms with E-state index >= 15 is 0 Å². The molecule has 0 aliphatic heterocycles. The van der Waals surface area contributed by atoms with Gasteiger partial charge in [0.15, 0.2) is 0 Å². The molecule has 0 aliphatic rings. The van der Waals surface area contributed by atoms with Crippen LogP contribution in [-0.2, 0) is 0 Å². The first-order valence-electron chi connectivity index (χ1n) is 7.75. The third kappa shape index (κ3) is 4.39. The summed E-state index contributed by atoms with van der Waals surface area (Å²) in [5.41, 5.74) is 3.48. The third-order valence-corrected chi connectivity index (χ3v) is 4.48. The molecule has 0 atom stereocenters. The van der Waals surface area contributed by atoms with Gasteiger partial charge in [-0.2, -0.15) is 0 Å². The number of hydrogen-bond acceptors (Lipinski definition) is 4. The second kappa shape index (κ2) is 8.66. The van der Waals surface area contributed by atoms with Gasteiger partial charge in [0, 0.05) is 12.1 Å². The molecule has 0 unspecified atom stereocenters. The summed E-state index contributed by atoms with van der Waals surface area (Å²) in [5.74, 6) is -0.0269. The Morgan fingerprint density at radius 2 is 1.95 bits per heavy atom. The minimum absolute atomic E-state index is 0.0269. The summed E-state index contributed by atoms with van der Waals surface area (Å²) < 4.78 is 0. The molecule has 0 bridgehead atoms. The van der Waals surface area contributed by atoms with Crippen molar-refractivity contribution >= 4 is 17.2 Å². The van der Waals surface area contributed by atoms with Crippen molar-refractivity contribution in [3.63, 3.8) is 0 Å². The Bertz CT molecular complexity index is 579. The molecule has 2 rings (SSSR count). The van der Waals surface area contributed by atoms with E-state index in [0.29, 0.717) is 11.4 Å². The summed E-state index contributed by atoms with van der Waals surface area (Å²) in [5, 5.41) is 3.00. The zero-order valence-electron chi connectivity index (χ0n) is 13.2. The molecule has 1 heterocycles. The van der Waals surface area contributed by atoms with Gasteiger partial charge in [-0.25, -0.2) is 4.98 Å². The Balaban J connectivity index is 1.90. The molecule has 0 radical (unpaired) electrons. The van der Waals surface area contributed by atoms with E-state index in [1.165, 1.54) is 11.3 Å². The SMILES string of the molecule is CCN(CC)CCCNC(=O)c1scnc1-c1ccccc1. The van der Waals surface area contributed by atoms with Crippen molar-refractivity contribution in [3.05, 3.63) is 40.7 Å². The van der Waals surface area contributed by atoms with E-state index < -0.39 is 0 Å². The standard InChI is InChI=1S/C17H23N3OS/c1-3-20(4-2)12-8-11-18-17(21)16-15(19-13-22-16)14-9-6-5-7-10-14/h5-7,9-10,13H,3-4,8,11-12H2,1-2H3,(H,18,21). The van der Waals surface area contributed by atoms with E-state index in [-0.39, 0.29) is 5.91 Å². The van der Waals surface area contributed by atoms with Crippen LogP contribution in [0.25, 0.3) is 11.3 Å². The molecule has 0 saturated heterocycles. The lowest BCUT2D eigenvalue weighted by Gasteiger charge is -2.17. The monoisotopic (exact) mass is 317 g/mol. The highest BCUT2D eigenvalue weighted by Gasteiger charge is 2.15. The smallest absolute Gasteiger partial charge is 0.263 e. The zero-order valence-corrected chi connectivity index (χ0v) is 14.0. The first-order valence-corrected chi connectivity index (χ1v) is 8.63. The lowest BCUT2D eigenvalue weighted by Crippen LogP contribution is -2.29. The number of carbonyl (C=O) groups excluding carboxylic acids is 1. The zero-order chi connectivity index (χ0) is 15.8. The highest BCUT2D eigenvalue weighted by atomic mass is 32.1. The van der Waals surface area contributed by atoms with E-state index in [1.807, 2.05) is 30.3 Å². The predicted molar refractivity (Wildman–Crippen MR) is 92.3 cm³/mol. The van der Waals surface area contributed by atoms with Crippen LogP contribution < -0.4 is 5.32 Å². The number of rotatable bonds is 8. The van der Waals surface area contributed by atoms with Gasteiger partial charge in [0.25, 0.3) is 5.91 Å². The first-order chi connectivity index (χ1) is 10.8. The van der Waals surface area contributed by atoms with Gasteiger partial charge in [0.2, 0.25) is 0 Å². The normalized spacial score (nSPS) is 10.9. The summed E-state index contributed by atoms with van der Waals surface area (Å²) in [7, 11) is 0. The number of thiazole rings is 1. The Kier molecular flexibility index (Phi) is 6.55. The lowest BCUT2D eigenvalue weighted by molar-refractivity contribution is 0.0956. The molecular weight excluding hydrogens is 294 g/mol. The van der Waals surface area contributed by atoms with Crippen molar-refractivity contribution in [2.24, 2.45) is 0 Å². The molecule has 0 saturated carbocycles. The third-order valence-electron chi connectivity index (χ3n) is 3.65. The minimum Gasteiger partial charge on any atom is -0.351 e. The topological polar surface area (TPSA) is 45.2 Å².